The molecule has 2 amide bonds. The molecule has 3 rings (SSSR count). The Labute approximate surface area is 115 Å². The summed E-state index contributed by atoms with van der Waals surface area (Å²) in [6, 6.07) is 8.81. The van der Waals surface area contributed by atoms with E-state index in [1.54, 1.807) is 6.92 Å². The van der Waals surface area contributed by atoms with Gasteiger partial charge in [0.05, 0.1) is 5.92 Å². The molecule has 0 bridgehead atoms. The molecule has 7 heteroatoms. The van der Waals surface area contributed by atoms with Crippen LogP contribution in [0.15, 0.2) is 30.3 Å². The van der Waals surface area contributed by atoms with Gasteiger partial charge in [-0.2, -0.15) is 5.21 Å². The van der Waals surface area contributed by atoms with Gasteiger partial charge in [-0.25, -0.2) is 0 Å². The third kappa shape index (κ3) is 1.97. The molecule has 1 N–H and O–H groups in total. The lowest BCUT2D eigenvalue weighted by atomic mass is 9.98. The normalized spacial score (nSPS) is 20.4. The number of amides is 2. The Kier molecular flexibility index (Phi) is 3.02. The number of nitrogens with zero attached hydrogens (tertiary/aromatic N) is 4. The molecule has 0 aliphatic carbocycles. The van der Waals surface area contributed by atoms with Crippen LogP contribution in [0, 0.1) is 0 Å². The Morgan fingerprint density at radius 1 is 1.30 bits per heavy atom. The molecule has 2 aromatic rings. The summed E-state index contributed by atoms with van der Waals surface area (Å²) in [5.41, 5.74) is 0.855. The van der Waals surface area contributed by atoms with Crippen LogP contribution < -0.4 is 0 Å². The first-order valence-electron chi connectivity index (χ1n) is 6.32. The molecule has 1 aliphatic rings. The van der Waals surface area contributed by atoms with Crippen molar-refractivity contribution in [3.05, 3.63) is 41.7 Å². The number of benzene rings is 1. The van der Waals surface area contributed by atoms with Gasteiger partial charge >= 0.3 is 0 Å². The molecule has 0 saturated carbocycles. The molecule has 2 atom stereocenters. The van der Waals surface area contributed by atoms with Crippen molar-refractivity contribution in [1.82, 2.24) is 25.5 Å². The van der Waals surface area contributed by atoms with E-state index < -0.39 is 12.0 Å². The molecule has 1 fully saturated rings. The van der Waals surface area contributed by atoms with Crippen molar-refractivity contribution in [3.8, 4) is 0 Å². The first-order chi connectivity index (χ1) is 9.68. The molecule has 102 valence electrons. The van der Waals surface area contributed by atoms with Gasteiger partial charge in [0.2, 0.25) is 11.8 Å². The second-order valence-electron chi connectivity index (χ2n) is 4.72. The maximum Gasteiger partial charge on any atom is 0.237 e. The van der Waals surface area contributed by atoms with Crippen LogP contribution in [0.25, 0.3) is 0 Å². The largest absolute Gasteiger partial charge is 0.274 e. The molecular formula is C13H13N5O2. The number of likely N-dealkylation sites (tertiary alicyclic amines) is 1. The van der Waals surface area contributed by atoms with Crippen LogP contribution in [0.5, 0.6) is 0 Å². The SMILES string of the molecule is CC(c1nn[nH]n1)N1C(=O)CC(c2ccccc2)C1=O. The van der Waals surface area contributed by atoms with Gasteiger partial charge in [-0.3, -0.25) is 14.5 Å². The Morgan fingerprint density at radius 3 is 2.70 bits per heavy atom. The molecule has 1 saturated heterocycles. The molecule has 2 unspecified atom stereocenters. The van der Waals surface area contributed by atoms with Crippen LogP contribution in [-0.4, -0.2) is 37.3 Å². The topological polar surface area (TPSA) is 91.8 Å². The highest BCUT2D eigenvalue weighted by atomic mass is 16.2. The van der Waals surface area contributed by atoms with E-state index in [1.165, 1.54) is 4.90 Å². The lowest BCUT2D eigenvalue weighted by Crippen LogP contribution is -2.33. The van der Waals surface area contributed by atoms with Crippen molar-refractivity contribution in [2.24, 2.45) is 0 Å². The van der Waals surface area contributed by atoms with Crippen LogP contribution in [0.4, 0.5) is 0 Å². The number of imide groups is 1. The fourth-order valence-corrected chi connectivity index (χ4v) is 2.47. The number of hydrogen-bond acceptors (Lipinski definition) is 5. The smallest absolute Gasteiger partial charge is 0.237 e. The van der Waals surface area contributed by atoms with Crippen molar-refractivity contribution in [1.29, 1.82) is 0 Å². The highest BCUT2D eigenvalue weighted by molar-refractivity contribution is 6.06. The van der Waals surface area contributed by atoms with E-state index in [2.05, 4.69) is 20.6 Å². The zero-order valence-corrected chi connectivity index (χ0v) is 10.9. The van der Waals surface area contributed by atoms with E-state index >= 15 is 0 Å². The van der Waals surface area contributed by atoms with E-state index in [9.17, 15) is 9.59 Å². The summed E-state index contributed by atoms with van der Waals surface area (Å²) in [6.07, 6.45) is 0.186. The Balaban J connectivity index is 1.88. The van der Waals surface area contributed by atoms with Crippen LogP contribution >= 0.6 is 0 Å². The van der Waals surface area contributed by atoms with Crippen LogP contribution in [0.2, 0.25) is 0 Å². The second-order valence-corrected chi connectivity index (χ2v) is 4.72. The Hall–Kier alpha value is -2.57. The zero-order chi connectivity index (χ0) is 14.1. The molecule has 1 aromatic carbocycles. The molecular weight excluding hydrogens is 258 g/mol. The Morgan fingerprint density at radius 2 is 2.05 bits per heavy atom. The minimum atomic E-state index is -0.512. The van der Waals surface area contributed by atoms with Gasteiger partial charge in [0, 0.05) is 6.42 Å². The van der Waals surface area contributed by atoms with E-state index in [0.29, 0.717) is 5.82 Å². The monoisotopic (exact) mass is 271 g/mol. The highest BCUT2D eigenvalue weighted by Crippen LogP contribution is 2.33. The van der Waals surface area contributed by atoms with Crippen molar-refractivity contribution in [3.63, 3.8) is 0 Å². The van der Waals surface area contributed by atoms with Crippen molar-refractivity contribution < 1.29 is 9.59 Å². The van der Waals surface area contributed by atoms with E-state index in [1.807, 2.05) is 30.3 Å². The minimum absolute atomic E-state index is 0.186. The maximum atomic E-state index is 12.5. The Bertz CT molecular complexity index is 625. The number of nitrogens with one attached hydrogen (secondary N) is 1. The van der Waals surface area contributed by atoms with Gasteiger partial charge in [0.1, 0.15) is 6.04 Å². The molecule has 0 spiro atoms. The van der Waals surface area contributed by atoms with Gasteiger partial charge in [-0.1, -0.05) is 35.5 Å². The summed E-state index contributed by atoms with van der Waals surface area (Å²) in [4.78, 5) is 25.8. The van der Waals surface area contributed by atoms with E-state index in [0.717, 1.165) is 5.56 Å². The quantitative estimate of drug-likeness (QED) is 0.834. The van der Waals surface area contributed by atoms with Gasteiger partial charge in [-0.15, -0.1) is 10.2 Å². The molecule has 2 heterocycles. The molecule has 1 aromatic heterocycles. The predicted molar refractivity (Wildman–Crippen MR) is 68.2 cm³/mol. The molecule has 0 radical (unpaired) electrons. The molecule has 20 heavy (non-hydrogen) atoms. The lowest BCUT2D eigenvalue weighted by Gasteiger charge is -2.20. The van der Waals surface area contributed by atoms with Crippen LogP contribution in [0.1, 0.15) is 36.7 Å². The summed E-state index contributed by atoms with van der Waals surface area (Å²) in [7, 11) is 0. The van der Waals surface area contributed by atoms with Crippen LogP contribution in [0.3, 0.4) is 0 Å². The number of hydrogen-bond donors (Lipinski definition) is 1. The lowest BCUT2D eigenvalue weighted by molar-refractivity contribution is -0.141. The first-order valence-corrected chi connectivity index (χ1v) is 6.32. The predicted octanol–water partition coefficient (Wildman–Crippen LogP) is 0.803. The maximum absolute atomic E-state index is 12.5. The number of aromatic amines is 1. The van der Waals surface area contributed by atoms with Crippen molar-refractivity contribution >= 4 is 11.8 Å². The van der Waals surface area contributed by atoms with Crippen molar-refractivity contribution in [2.45, 2.75) is 25.3 Å². The standard InChI is InChI=1S/C13H13N5O2/c1-8(12-14-16-17-15-12)18-11(19)7-10(13(18)20)9-5-3-2-4-6-9/h2-6,8,10H,7H2,1H3,(H,14,15,16,17). The number of rotatable bonds is 3. The van der Waals surface area contributed by atoms with E-state index in [4.69, 9.17) is 0 Å². The zero-order valence-electron chi connectivity index (χ0n) is 10.9. The fourth-order valence-electron chi connectivity index (χ4n) is 2.47. The van der Waals surface area contributed by atoms with Gasteiger partial charge in [0.25, 0.3) is 0 Å². The summed E-state index contributed by atoms with van der Waals surface area (Å²) < 4.78 is 0. The average Bonchev–Trinajstić information content (AvgIpc) is 3.08. The van der Waals surface area contributed by atoms with Crippen LogP contribution in [-0.2, 0) is 9.59 Å². The third-order valence-corrected chi connectivity index (χ3v) is 3.51. The molecule has 1 aliphatic heterocycles. The van der Waals surface area contributed by atoms with Gasteiger partial charge < -0.3 is 0 Å². The molecule has 7 nitrogen and oxygen atoms in total. The third-order valence-electron chi connectivity index (χ3n) is 3.51. The van der Waals surface area contributed by atoms with Crippen molar-refractivity contribution in [2.75, 3.05) is 0 Å². The van der Waals surface area contributed by atoms with Gasteiger partial charge in [-0.05, 0) is 12.5 Å². The summed E-state index contributed by atoms with van der Waals surface area (Å²) in [6.45, 7) is 1.72. The summed E-state index contributed by atoms with van der Waals surface area (Å²) in [5.74, 6) is -0.502. The number of carbonyl (C=O) groups excluding carboxylic acids is 2. The number of carbonyl (C=O) groups is 2. The van der Waals surface area contributed by atoms with Gasteiger partial charge in [0.15, 0.2) is 5.82 Å². The fraction of sp³-hybridized carbons (Fsp3) is 0.308. The second kappa shape index (κ2) is 4.84. The first kappa shape index (κ1) is 12.5. The number of aromatic nitrogens is 4. The minimum Gasteiger partial charge on any atom is -0.274 e. The number of H-pyrrole nitrogens is 1. The summed E-state index contributed by atoms with van der Waals surface area (Å²) in [5, 5.41) is 13.5. The average molecular weight is 271 g/mol. The van der Waals surface area contributed by atoms with E-state index in [-0.39, 0.29) is 18.2 Å². The number of tetrazole rings is 1. The highest BCUT2D eigenvalue weighted by Gasteiger charge is 2.43. The summed E-state index contributed by atoms with van der Waals surface area (Å²) >= 11 is 0.